The van der Waals surface area contributed by atoms with Crippen molar-refractivity contribution in [2.45, 2.75) is 50.7 Å². The summed E-state index contributed by atoms with van der Waals surface area (Å²) in [6, 6.07) is 7.81. The Balaban J connectivity index is 2.10. The van der Waals surface area contributed by atoms with E-state index in [0.717, 1.165) is 36.8 Å². The van der Waals surface area contributed by atoms with Crippen LogP contribution in [0.3, 0.4) is 0 Å². The molecule has 2 N–H and O–H groups in total. The monoisotopic (exact) mass is 246 g/mol. The Labute approximate surface area is 109 Å². The van der Waals surface area contributed by atoms with E-state index >= 15 is 0 Å². The highest BCUT2D eigenvalue weighted by molar-refractivity contribution is 5.52. The number of hydrogen-bond donors (Lipinski definition) is 2. The molecule has 0 bridgehead atoms. The van der Waals surface area contributed by atoms with Gasteiger partial charge in [0.25, 0.3) is 0 Å². The van der Waals surface area contributed by atoms with Gasteiger partial charge < -0.3 is 10.2 Å². The average Bonchev–Trinajstić information content (AvgIpc) is 2.38. The summed E-state index contributed by atoms with van der Waals surface area (Å²) in [5.74, 6) is 0. The van der Waals surface area contributed by atoms with Crippen molar-refractivity contribution in [2.75, 3.05) is 0 Å². The zero-order valence-corrected chi connectivity index (χ0v) is 11.0. The van der Waals surface area contributed by atoms with Crippen LogP contribution in [0, 0.1) is 0 Å². The second kappa shape index (κ2) is 5.68. The second-order valence-electron chi connectivity index (χ2n) is 5.34. The maximum atomic E-state index is 10.4. The summed E-state index contributed by atoms with van der Waals surface area (Å²) in [6.45, 7) is 1.76. The van der Waals surface area contributed by atoms with Crippen LogP contribution in [0.5, 0.6) is 0 Å². The molecule has 1 unspecified atom stereocenters. The van der Waals surface area contributed by atoms with Crippen LogP contribution < -0.4 is 0 Å². The van der Waals surface area contributed by atoms with Crippen molar-refractivity contribution in [1.82, 2.24) is 0 Å². The fourth-order valence-electron chi connectivity index (χ4n) is 2.50. The predicted octanol–water partition coefficient (Wildman–Crippen LogP) is 3.45. The SMILES string of the molecule is CC(O)c1cccc(C=CC2(O)CCCCC2)c1. The summed E-state index contributed by atoms with van der Waals surface area (Å²) in [5, 5.41) is 19.9. The Hall–Kier alpha value is -1.12. The topological polar surface area (TPSA) is 40.5 Å². The van der Waals surface area contributed by atoms with Crippen molar-refractivity contribution in [3.05, 3.63) is 41.5 Å². The van der Waals surface area contributed by atoms with Gasteiger partial charge in [-0.25, -0.2) is 0 Å². The van der Waals surface area contributed by atoms with Crippen LogP contribution in [0.25, 0.3) is 6.08 Å². The number of hydrogen-bond acceptors (Lipinski definition) is 2. The normalized spacial score (nSPS) is 21.1. The Kier molecular flexibility index (Phi) is 4.20. The summed E-state index contributed by atoms with van der Waals surface area (Å²) in [4.78, 5) is 0. The summed E-state index contributed by atoms with van der Waals surface area (Å²) in [5.41, 5.74) is 1.32. The molecule has 0 aliphatic heterocycles. The Morgan fingerprint density at radius 3 is 2.61 bits per heavy atom. The molecule has 18 heavy (non-hydrogen) atoms. The first-order valence-corrected chi connectivity index (χ1v) is 6.79. The lowest BCUT2D eigenvalue weighted by Gasteiger charge is -2.28. The highest BCUT2D eigenvalue weighted by Crippen LogP contribution is 2.29. The van der Waals surface area contributed by atoms with Crippen molar-refractivity contribution < 1.29 is 10.2 Å². The van der Waals surface area contributed by atoms with E-state index in [4.69, 9.17) is 0 Å². The van der Waals surface area contributed by atoms with Crippen molar-refractivity contribution in [2.24, 2.45) is 0 Å². The molecule has 2 rings (SSSR count). The van der Waals surface area contributed by atoms with Crippen LogP contribution in [0.1, 0.15) is 56.3 Å². The summed E-state index contributed by atoms with van der Waals surface area (Å²) in [7, 11) is 0. The predicted molar refractivity (Wildman–Crippen MR) is 74.1 cm³/mol. The zero-order valence-electron chi connectivity index (χ0n) is 11.0. The van der Waals surface area contributed by atoms with E-state index in [0.29, 0.717) is 0 Å². The Morgan fingerprint density at radius 1 is 1.22 bits per heavy atom. The molecule has 1 fully saturated rings. The summed E-state index contributed by atoms with van der Waals surface area (Å²) >= 11 is 0. The molecule has 1 saturated carbocycles. The largest absolute Gasteiger partial charge is 0.389 e. The smallest absolute Gasteiger partial charge is 0.0830 e. The molecular weight excluding hydrogens is 224 g/mol. The Morgan fingerprint density at radius 2 is 1.94 bits per heavy atom. The van der Waals surface area contributed by atoms with Crippen LogP contribution >= 0.6 is 0 Å². The molecule has 1 aromatic rings. The minimum atomic E-state index is -0.626. The van der Waals surface area contributed by atoms with E-state index in [9.17, 15) is 10.2 Å². The Bertz CT molecular complexity index is 415. The van der Waals surface area contributed by atoms with Gasteiger partial charge in [0.2, 0.25) is 0 Å². The fraction of sp³-hybridized carbons (Fsp3) is 0.500. The lowest BCUT2D eigenvalue weighted by molar-refractivity contribution is 0.0521. The first kappa shape index (κ1) is 13.3. The van der Waals surface area contributed by atoms with E-state index < -0.39 is 11.7 Å². The quantitative estimate of drug-likeness (QED) is 0.857. The number of rotatable bonds is 3. The van der Waals surface area contributed by atoms with Crippen molar-refractivity contribution >= 4 is 6.08 Å². The number of aliphatic hydroxyl groups is 2. The molecule has 0 amide bonds. The van der Waals surface area contributed by atoms with Gasteiger partial charge in [-0.3, -0.25) is 0 Å². The van der Waals surface area contributed by atoms with Gasteiger partial charge in [0.05, 0.1) is 11.7 Å². The lowest BCUT2D eigenvalue weighted by atomic mass is 9.84. The first-order chi connectivity index (χ1) is 8.59. The molecule has 0 radical (unpaired) electrons. The highest BCUT2D eigenvalue weighted by Gasteiger charge is 2.25. The molecule has 1 aliphatic rings. The minimum Gasteiger partial charge on any atom is -0.389 e. The minimum absolute atomic E-state index is 0.448. The van der Waals surface area contributed by atoms with Gasteiger partial charge in [0.1, 0.15) is 0 Å². The van der Waals surface area contributed by atoms with Crippen molar-refractivity contribution in [3.63, 3.8) is 0 Å². The molecular formula is C16H22O2. The van der Waals surface area contributed by atoms with E-state index in [1.165, 1.54) is 6.42 Å². The zero-order chi connectivity index (χ0) is 13.0. The third-order valence-electron chi connectivity index (χ3n) is 3.70. The van der Waals surface area contributed by atoms with Crippen LogP contribution in [0.15, 0.2) is 30.3 Å². The van der Waals surface area contributed by atoms with E-state index in [1.54, 1.807) is 6.92 Å². The molecule has 0 saturated heterocycles. The molecule has 2 nitrogen and oxygen atoms in total. The molecule has 0 heterocycles. The van der Waals surface area contributed by atoms with Gasteiger partial charge in [-0.15, -0.1) is 0 Å². The van der Waals surface area contributed by atoms with Crippen LogP contribution in [-0.2, 0) is 0 Å². The summed E-state index contributed by atoms with van der Waals surface area (Å²) < 4.78 is 0. The van der Waals surface area contributed by atoms with Crippen LogP contribution in [-0.4, -0.2) is 15.8 Å². The second-order valence-corrected chi connectivity index (χ2v) is 5.34. The first-order valence-electron chi connectivity index (χ1n) is 6.79. The molecule has 0 spiro atoms. The molecule has 98 valence electrons. The van der Waals surface area contributed by atoms with Crippen molar-refractivity contribution in [3.8, 4) is 0 Å². The van der Waals surface area contributed by atoms with E-state index in [2.05, 4.69) is 0 Å². The summed E-state index contributed by atoms with van der Waals surface area (Å²) in [6.07, 6.45) is 8.61. The highest BCUT2D eigenvalue weighted by atomic mass is 16.3. The molecule has 1 aromatic carbocycles. The maximum absolute atomic E-state index is 10.4. The molecule has 2 heteroatoms. The van der Waals surface area contributed by atoms with Gasteiger partial charge in [-0.1, -0.05) is 49.6 Å². The lowest BCUT2D eigenvalue weighted by Crippen LogP contribution is -2.28. The molecule has 1 atom stereocenters. The van der Waals surface area contributed by atoms with E-state index in [-0.39, 0.29) is 0 Å². The standard InChI is InChI=1S/C16H22O2/c1-13(17)15-7-5-6-14(12-15)8-11-16(18)9-3-2-4-10-16/h5-8,11-13,17-18H,2-4,9-10H2,1H3. The molecule has 1 aliphatic carbocycles. The maximum Gasteiger partial charge on any atom is 0.0830 e. The van der Waals surface area contributed by atoms with Crippen molar-refractivity contribution in [1.29, 1.82) is 0 Å². The third kappa shape index (κ3) is 3.44. The van der Waals surface area contributed by atoms with Gasteiger partial charge in [-0.2, -0.15) is 0 Å². The van der Waals surface area contributed by atoms with Gasteiger partial charge in [0.15, 0.2) is 0 Å². The van der Waals surface area contributed by atoms with Gasteiger partial charge in [-0.05, 0) is 37.0 Å². The van der Waals surface area contributed by atoms with E-state index in [1.807, 2.05) is 36.4 Å². The van der Waals surface area contributed by atoms with Gasteiger partial charge >= 0.3 is 0 Å². The van der Waals surface area contributed by atoms with Gasteiger partial charge in [0, 0.05) is 0 Å². The van der Waals surface area contributed by atoms with Crippen LogP contribution in [0.4, 0.5) is 0 Å². The van der Waals surface area contributed by atoms with Crippen LogP contribution in [0.2, 0.25) is 0 Å². The number of aliphatic hydroxyl groups excluding tert-OH is 1. The molecule has 0 aromatic heterocycles. The average molecular weight is 246 g/mol. The number of benzene rings is 1. The fourth-order valence-corrected chi connectivity index (χ4v) is 2.50. The third-order valence-corrected chi connectivity index (χ3v) is 3.70.